The number of aryl methyl sites for hydroxylation is 1. The zero-order valence-corrected chi connectivity index (χ0v) is 66.6. The Morgan fingerprint density at radius 1 is 0.500 bits per heavy atom. The molecule has 1 aliphatic heterocycles. The summed E-state index contributed by atoms with van der Waals surface area (Å²) in [7, 11) is 1.23. The van der Waals surface area contributed by atoms with Gasteiger partial charge in [0.1, 0.15) is 5.70 Å². The van der Waals surface area contributed by atoms with E-state index in [-0.39, 0.29) is 80.3 Å². The van der Waals surface area contributed by atoms with Crippen molar-refractivity contribution in [3.05, 3.63) is 298 Å². The van der Waals surface area contributed by atoms with Crippen molar-refractivity contribution in [2.24, 2.45) is 21.8 Å². The summed E-state index contributed by atoms with van der Waals surface area (Å²) < 4.78 is 41.7. The number of sulfone groups is 1. The number of amidine groups is 2. The summed E-state index contributed by atoms with van der Waals surface area (Å²) in [6, 6.07) is 45.1. The Morgan fingerprint density at radius 3 is 1.30 bits per heavy atom. The van der Waals surface area contributed by atoms with E-state index in [9.17, 15) is 63.0 Å². The van der Waals surface area contributed by atoms with E-state index in [0.29, 0.717) is 50.7 Å². The van der Waals surface area contributed by atoms with Crippen LogP contribution in [0.1, 0.15) is 128 Å². The highest BCUT2D eigenvalue weighted by Gasteiger charge is 2.37. The highest BCUT2D eigenvalue weighted by Crippen LogP contribution is 2.48. The second kappa shape index (κ2) is 42.4. The Balaban J connectivity index is 0.000000280. The highest BCUT2D eigenvalue weighted by molar-refractivity contribution is 8.09. The number of carbonyl (C=O) groups excluding carboxylic acids is 7. The van der Waals surface area contributed by atoms with E-state index in [0.717, 1.165) is 53.0 Å². The lowest BCUT2D eigenvalue weighted by Crippen LogP contribution is -2.40. The van der Waals surface area contributed by atoms with Crippen molar-refractivity contribution in [3.8, 4) is 35.4 Å². The van der Waals surface area contributed by atoms with Crippen molar-refractivity contribution in [2.75, 3.05) is 57.3 Å². The molecular formula is C87H76N16O12S. The standard InChI is InChI=1S/C27H32N6O5.C21H20N6O3.C21H14N2O2S.C18H10N2O2/c1-10-32(9)20-11-12-22(21(13-20)19(6)34)31-25(30-8)24(23(14-28)29-7)33(26(35)37-15-17(2)3)27(36)38-16-18(4)5;1-8-26(7)16-9-10-18(17(11-16)13(2)28)25-21(24-6)20(19(12-22)23-5)27(14(3)29)15(4)30;1-15-8-10-17(11-9-15)21-13-18(19(14-22)23-2)12-20(26(21,24)25)16-6-4-3-5-7-16;1-20-15(10-19)17-12-7-4-3-6-11(12)16-13(17)8-5-9-14(16)18(21)22-2/h11-13,17-18H,10,15-16H2,1-6,9H3;9-11H,8H2,1-4,7H3;3-13H,1H3;3-9H,2H3/b24-23+,31-25?;20-19+,25-21?;19-18+;17-15+. The fraction of sp³-hybridized carbons (Fsp3) is 0.230. The van der Waals surface area contributed by atoms with E-state index in [2.05, 4.69) is 39.1 Å². The summed E-state index contributed by atoms with van der Waals surface area (Å²) in [6.07, 6.45) is 0.339. The molecule has 2 aliphatic rings. The third-order valence-corrected chi connectivity index (χ3v) is 18.6. The Morgan fingerprint density at radius 2 is 0.922 bits per heavy atom. The number of hydrogen-bond donors (Lipinski definition) is 0. The normalized spacial score (nSPS) is 13.2. The molecule has 29 heteroatoms. The molecule has 582 valence electrons. The average molecular weight is 1570 g/mol. The number of hydrogen-bond acceptors (Lipinski definition) is 20. The molecule has 0 unspecified atom stereocenters. The number of imide groups is 2. The van der Waals surface area contributed by atoms with E-state index in [1.807, 2.05) is 99.3 Å². The van der Waals surface area contributed by atoms with Crippen LogP contribution in [0.15, 0.2) is 195 Å². The number of rotatable bonds is 19. The zero-order chi connectivity index (χ0) is 86.4. The first-order chi connectivity index (χ1) is 55.2. The van der Waals surface area contributed by atoms with Crippen LogP contribution in [0.2, 0.25) is 0 Å². The summed E-state index contributed by atoms with van der Waals surface area (Å²) >= 11 is 0. The predicted molar refractivity (Wildman–Crippen MR) is 437 cm³/mol. The van der Waals surface area contributed by atoms with Crippen LogP contribution >= 0.6 is 0 Å². The molecule has 0 N–H and O–H groups in total. The molecule has 28 nitrogen and oxygen atoms in total. The number of methoxy groups -OCH3 is 1. The Bertz CT molecular complexity index is 5690. The van der Waals surface area contributed by atoms with Crippen molar-refractivity contribution in [1.29, 1.82) is 21.0 Å². The van der Waals surface area contributed by atoms with Gasteiger partial charge in [-0.2, -0.15) is 4.90 Å². The minimum atomic E-state index is -3.79. The second-order valence-electron chi connectivity index (χ2n) is 25.6. The van der Waals surface area contributed by atoms with Gasteiger partial charge < -0.3 is 33.7 Å². The van der Waals surface area contributed by atoms with Crippen LogP contribution in [-0.4, -0.2) is 119 Å². The van der Waals surface area contributed by atoms with Gasteiger partial charge in [-0.1, -0.05) is 137 Å². The molecule has 1 heterocycles. The molecule has 8 rings (SSSR count). The van der Waals surface area contributed by atoms with Gasteiger partial charge in [0.15, 0.2) is 22.9 Å². The van der Waals surface area contributed by atoms with Crippen molar-refractivity contribution < 1.29 is 56.2 Å². The minimum absolute atomic E-state index is 0.0215. The van der Waals surface area contributed by atoms with Gasteiger partial charge in [-0.05, 0) is 134 Å². The number of amides is 4. The van der Waals surface area contributed by atoms with E-state index in [1.54, 1.807) is 119 Å². The predicted octanol–water partition coefficient (Wildman–Crippen LogP) is 17.3. The van der Waals surface area contributed by atoms with Crippen LogP contribution in [0.4, 0.5) is 32.3 Å². The fourth-order valence-electron chi connectivity index (χ4n) is 10.9. The van der Waals surface area contributed by atoms with Crippen LogP contribution < -0.4 is 9.80 Å². The van der Waals surface area contributed by atoms with Gasteiger partial charge in [-0.25, -0.2) is 63.2 Å². The first kappa shape index (κ1) is 90.9. The van der Waals surface area contributed by atoms with Gasteiger partial charge in [0.2, 0.25) is 21.7 Å². The summed E-state index contributed by atoms with van der Waals surface area (Å²) in [4.78, 5) is 119. The molecule has 1 aliphatic carbocycles. The molecule has 0 radical (unpaired) electrons. The van der Waals surface area contributed by atoms with Gasteiger partial charge in [0.05, 0.1) is 103 Å². The summed E-state index contributed by atoms with van der Waals surface area (Å²) in [5.74, 6) is -4.00. The molecule has 116 heavy (non-hydrogen) atoms. The van der Waals surface area contributed by atoms with Gasteiger partial charge >= 0.3 is 18.2 Å². The number of benzene rings is 6. The van der Waals surface area contributed by atoms with E-state index in [1.165, 1.54) is 45.2 Å². The summed E-state index contributed by atoms with van der Waals surface area (Å²) in [5, 5.41) is 37.4. The fourth-order valence-corrected chi connectivity index (χ4v) is 12.6. The largest absolute Gasteiger partial charge is 0.465 e. The third-order valence-electron chi connectivity index (χ3n) is 16.7. The highest BCUT2D eigenvalue weighted by atomic mass is 32.2. The molecular weight excluding hydrogens is 1490 g/mol. The Kier molecular flexibility index (Phi) is 33.2. The number of fused-ring (bicyclic) bond motifs is 3. The lowest BCUT2D eigenvalue weighted by atomic mass is 9.99. The molecule has 0 aromatic heterocycles. The minimum Gasteiger partial charge on any atom is -0.465 e. The topological polar surface area (TPSA) is 340 Å². The van der Waals surface area contributed by atoms with Crippen molar-refractivity contribution in [3.63, 3.8) is 0 Å². The molecule has 0 atom stereocenters. The summed E-state index contributed by atoms with van der Waals surface area (Å²) in [6.45, 7) is 63.2. The molecule has 4 amide bonds. The van der Waals surface area contributed by atoms with Crippen molar-refractivity contribution in [1.82, 2.24) is 9.80 Å². The lowest BCUT2D eigenvalue weighted by molar-refractivity contribution is -0.139. The zero-order valence-electron chi connectivity index (χ0n) is 65.8. The van der Waals surface area contributed by atoms with Crippen LogP contribution in [-0.2, 0) is 33.6 Å². The number of anilines is 2. The maximum atomic E-state index is 13.2. The average Bonchev–Trinajstić information content (AvgIpc) is 1.54. The number of ketones is 2. The van der Waals surface area contributed by atoms with Crippen molar-refractivity contribution in [2.45, 2.75) is 76.2 Å². The van der Waals surface area contributed by atoms with E-state index < -0.39 is 74.3 Å². The number of carbonyl (C=O) groups is 7. The van der Waals surface area contributed by atoms with Crippen LogP contribution in [0, 0.1) is 104 Å². The van der Waals surface area contributed by atoms with Crippen LogP contribution in [0.25, 0.3) is 55.6 Å². The van der Waals surface area contributed by atoms with Crippen molar-refractivity contribution >= 4 is 101 Å². The van der Waals surface area contributed by atoms with E-state index in [4.69, 9.17) is 53.6 Å². The maximum absolute atomic E-state index is 13.2. The Labute approximate surface area is 673 Å². The number of allylic oxidation sites excluding steroid dienone is 7. The van der Waals surface area contributed by atoms with E-state index >= 15 is 0 Å². The van der Waals surface area contributed by atoms with Gasteiger partial charge in [-0.15, -0.1) is 9.98 Å². The second-order valence-corrected chi connectivity index (χ2v) is 27.5. The number of Topliss-reactive ketones (excluding diaryl/α,β-unsaturated/α-hetero) is 2. The molecule has 0 spiro atoms. The third kappa shape index (κ3) is 22.1. The van der Waals surface area contributed by atoms with Gasteiger partial charge in [-0.3, -0.25) is 24.1 Å². The smallest absolute Gasteiger partial charge is 0.421 e. The number of nitrogens with zero attached hydrogens (tertiary/aromatic N) is 16. The molecule has 0 saturated carbocycles. The summed E-state index contributed by atoms with van der Waals surface area (Å²) in [5.41, 5.74) is 5.77. The number of esters is 1. The van der Waals surface area contributed by atoms with Gasteiger partial charge in [0, 0.05) is 63.5 Å². The molecule has 0 fully saturated rings. The number of ether oxygens (including phenoxy) is 3. The van der Waals surface area contributed by atoms with Crippen LogP contribution in [0.3, 0.4) is 0 Å². The number of nitriles is 4. The molecule has 6 aromatic carbocycles. The first-order valence-electron chi connectivity index (χ1n) is 35.0. The maximum Gasteiger partial charge on any atom is 0.421 e. The monoisotopic (exact) mass is 1570 g/mol. The molecule has 0 saturated heterocycles. The molecule has 6 aromatic rings. The Hall–Kier alpha value is -15.8. The SMILES string of the molecule is [C-]#[N+]/C(C#N)=C1\C=C(c2ccccc2)S(=O)(=O)C(c2ccc(C)cc2)=C1.[C-]#[N+]/C(C#N)=C1\c2ccccc2-c2c(C(=O)OC)cccc21.[C-]#[N+]C(=Nc1ccc(N(C)CC)cc1C(C)=O)/C(=C(/C#N)[N+]#[C-])N(C(=O)OCC(C)C)C(=O)OCC(C)C.[C-]#[N+]C(=Nc1ccc(N(C)CC)cc1C(C)=O)/C(=C(/C#N)[N+]#[C-])N(C(C)=O)C(C)=O. The molecule has 0 bridgehead atoms. The quantitative estimate of drug-likeness (QED) is 0.0138. The number of aliphatic imine (C=N–C) groups is 2. The van der Waals surface area contributed by atoms with Gasteiger partial charge in [0.25, 0.3) is 34.5 Å². The lowest BCUT2D eigenvalue weighted by Gasteiger charge is -2.23. The van der Waals surface area contributed by atoms with Crippen LogP contribution in [0.5, 0.6) is 0 Å². The first-order valence-corrected chi connectivity index (χ1v) is 36.5.